The summed E-state index contributed by atoms with van der Waals surface area (Å²) in [5.41, 5.74) is -0.0676. The normalized spacial score (nSPS) is 24.1. The van der Waals surface area contributed by atoms with Gasteiger partial charge in [0, 0.05) is 31.6 Å². The van der Waals surface area contributed by atoms with E-state index in [1.807, 2.05) is 25.7 Å². The van der Waals surface area contributed by atoms with Gasteiger partial charge in [-0.15, -0.1) is 0 Å². The Hall–Kier alpha value is -0.770. The monoisotopic (exact) mass is 240 g/mol. The van der Waals surface area contributed by atoms with E-state index in [9.17, 15) is 4.79 Å². The molecule has 0 aromatic carbocycles. The Bertz CT molecular complexity index is 292. The SMILES string of the molecule is CC(C)(C)OC(=O)N1CCCCC2(CNC2)C1. The van der Waals surface area contributed by atoms with Gasteiger partial charge in [-0.3, -0.25) is 0 Å². The lowest BCUT2D eigenvalue weighted by Crippen LogP contribution is -2.58. The van der Waals surface area contributed by atoms with Gasteiger partial charge in [0.1, 0.15) is 5.60 Å². The van der Waals surface area contributed by atoms with Gasteiger partial charge in [-0.25, -0.2) is 4.79 Å². The molecule has 0 aromatic heterocycles. The van der Waals surface area contributed by atoms with E-state index in [4.69, 9.17) is 4.74 Å². The van der Waals surface area contributed by atoms with Crippen LogP contribution in [0.5, 0.6) is 0 Å². The van der Waals surface area contributed by atoms with Crippen molar-refractivity contribution in [2.45, 2.75) is 45.6 Å². The average Bonchev–Trinajstić information content (AvgIpc) is 2.35. The minimum atomic E-state index is -0.394. The van der Waals surface area contributed by atoms with Crippen LogP contribution in [-0.4, -0.2) is 42.8 Å². The van der Waals surface area contributed by atoms with E-state index in [-0.39, 0.29) is 6.09 Å². The van der Waals surface area contributed by atoms with Crippen molar-refractivity contribution in [3.8, 4) is 0 Å². The maximum Gasteiger partial charge on any atom is 0.410 e. The third kappa shape index (κ3) is 3.12. The summed E-state index contributed by atoms with van der Waals surface area (Å²) in [4.78, 5) is 14.0. The summed E-state index contributed by atoms with van der Waals surface area (Å²) < 4.78 is 5.46. The molecule has 2 aliphatic heterocycles. The van der Waals surface area contributed by atoms with Crippen LogP contribution in [0.3, 0.4) is 0 Å². The highest BCUT2D eigenvalue weighted by Crippen LogP contribution is 2.33. The van der Waals surface area contributed by atoms with Gasteiger partial charge in [0.05, 0.1) is 0 Å². The lowest BCUT2D eigenvalue weighted by molar-refractivity contribution is 0.0123. The van der Waals surface area contributed by atoms with Crippen LogP contribution in [0.1, 0.15) is 40.0 Å². The Morgan fingerprint density at radius 2 is 2.00 bits per heavy atom. The standard InChI is InChI=1S/C13H24N2O2/c1-12(2,3)17-11(16)15-7-5-4-6-13(10-15)8-14-9-13/h14H,4-10H2,1-3H3. The molecule has 2 saturated heterocycles. The molecule has 0 aromatic rings. The maximum absolute atomic E-state index is 12.1. The Morgan fingerprint density at radius 1 is 1.29 bits per heavy atom. The van der Waals surface area contributed by atoms with Gasteiger partial charge in [-0.2, -0.15) is 0 Å². The van der Waals surface area contributed by atoms with Crippen molar-refractivity contribution in [2.24, 2.45) is 5.41 Å². The number of ether oxygens (including phenoxy) is 1. The molecule has 1 spiro atoms. The van der Waals surface area contributed by atoms with Crippen LogP contribution < -0.4 is 5.32 Å². The molecule has 0 unspecified atom stereocenters. The zero-order valence-corrected chi connectivity index (χ0v) is 11.2. The molecule has 2 rings (SSSR count). The molecule has 0 radical (unpaired) electrons. The molecule has 2 fully saturated rings. The van der Waals surface area contributed by atoms with Crippen molar-refractivity contribution >= 4 is 6.09 Å². The van der Waals surface area contributed by atoms with E-state index in [2.05, 4.69) is 5.32 Å². The van der Waals surface area contributed by atoms with Gasteiger partial charge in [0.25, 0.3) is 0 Å². The first-order valence-electron chi connectivity index (χ1n) is 6.59. The predicted molar refractivity (Wildman–Crippen MR) is 67.0 cm³/mol. The third-order valence-electron chi connectivity index (χ3n) is 3.56. The quantitative estimate of drug-likeness (QED) is 0.704. The van der Waals surface area contributed by atoms with Gasteiger partial charge in [0.2, 0.25) is 0 Å². The van der Waals surface area contributed by atoms with Crippen LogP contribution in [-0.2, 0) is 4.74 Å². The van der Waals surface area contributed by atoms with E-state index in [1.165, 1.54) is 12.8 Å². The zero-order chi connectivity index (χ0) is 12.5. The van der Waals surface area contributed by atoms with Gasteiger partial charge in [0.15, 0.2) is 0 Å². The van der Waals surface area contributed by atoms with Crippen molar-refractivity contribution in [2.75, 3.05) is 26.2 Å². The summed E-state index contributed by atoms with van der Waals surface area (Å²) >= 11 is 0. The van der Waals surface area contributed by atoms with E-state index < -0.39 is 5.60 Å². The van der Waals surface area contributed by atoms with Gasteiger partial charge < -0.3 is 15.0 Å². The zero-order valence-electron chi connectivity index (χ0n) is 11.2. The number of carbonyl (C=O) groups excluding carboxylic acids is 1. The number of hydrogen-bond donors (Lipinski definition) is 1. The second-order valence-electron chi connectivity index (χ2n) is 6.46. The molecule has 17 heavy (non-hydrogen) atoms. The van der Waals surface area contributed by atoms with Crippen LogP contribution >= 0.6 is 0 Å². The lowest BCUT2D eigenvalue weighted by Gasteiger charge is -2.44. The highest BCUT2D eigenvalue weighted by Gasteiger charge is 2.41. The molecule has 4 nitrogen and oxygen atoms in total. The van der Waals surface area contributed by atoms with Crippen molar-refractivity contribution in [3.05, 3.63) is 0 Å². The molecule has 1 N–H and O–H groups in total. The second kappa shape index (κ2) is 4.48. The number of rotatable bonds is 0. The number of amides is 1. The maximum atomic E-state index is 12.1. The number of nitrogens with one attached hydrogen (secondary N) is 1. The highest BCUT2D eigenvalue weighted by atomic mass is 16.6. The fourth-order valence-corrected chi connectivity index (χ4v) is 2.62. The van der Waals surface area contributed by atoms with Gasteiger partial charge in [-0.1, -0.05) is 6.42 Å². The fraction of sp³-hybridized carbons (Fsp3) is 0.923. The van der Waals surface area contributed by atoms with Crippen molar-refractivity contribution in [1.82, 2.24) is 10.2 Å². The Kier molecular flexibility index (Phi) is 3.34. The Balaban J connectivity index is 1.97. The molecule has 0 bridgehead atoms. The van der Waals surface area contributed by atoms with Crippen molar-refractivity contribution < 1.29 is 9.53 Å². The first kappa shape index (κ1) is 12.7. The fourth-order valence-electron chi connectivity index (χ4n) is 2.62. The topological polar surface area (TPSA) is 41.6 Å². The van der Waals surface area contributed by atoms with E-state index in [0.29, 0.717) is 5.41 Å². The average molecular weight is 240 g/mol. The molecular weight excluding hydrogens is 216 g/mol. The first-order valence-corrected chi connectivity index (χ1v) is 6.59. The smallest absolute Gasteiger partial charge is 0.410 e. The molecule has 0 aliphatic carbocycles. The molecule has 0 atom stereocenters. The Labute approximate surface area is 104 Å². The summed E-state index contributed by atoms with van der Waals surface area (Å²) in [7, 11) is 0. The lowest BCUT2D eigenvalue weighted by atomic mass is 9.78. The van der Waals surface area contributed by atoms with E-state index in [0.717, 1.165) is 32.6 Å². The van der Waals surface area contributed by atoms with Crippen LogP contribution in [0.2, 0.25) is 0 Å². The molecule has 2 aliphatic rings. The predicted octanol–water partition coefficient (Wildman–Crippen LogP) is 2.00. The summed E-state index contributed by atoms with van der Waals surface area (Å²) in [6.45, 7) is 9.56. The third-order valence-corrected chi connectivity index (χ3v) is 3.56. The summed E-state index contributed by atoms with van der Waals surface area (Å²) in [6, 6.07) is 0. The molecule has 4 heteroatoms. The molecule has 1 amide bonds. The second-order valence-corrected chi connectivity index (χ2v) is 6.46. The largest absolute Gasteiger partial charge is 0.444 e. The van der Waals surface area contributed by atoms with Crippen molar-refractivity contribution in [3.63, 3.8) is 0 Å². The van der Waals surface area contributed by atoms with Crippen LogP contribution in [0, 0.1) is 5.41 Å². The first-order chi connectivity index (χ1) is 7.90. The van der Waals surface area contributed by atoms with Gasteiger partial charge in [-0.05, 0) is 33.6 Å². The minimum absolute atomic E-state index is 0.148. The highest BCUT2D eigenvalue weighted by molar-refractivity contribution is 5.68. The van der Waals surface area contributed by atoms with Crippen LogP contribution in [0.15, 0.2) is 0 Å². The summed E-state index contributed by atoms with van der Waals surface area (Å²) in [5, 5.41) is 3.33. The molecule has 98 valence electrons. The summed E-state index contributed by atoms with van der Waals surface area (Å²) in [6.07, 6.45) is 3.41. The minimum Gasteiger partial charge on any atom is -0.444 e. The number of hydrogen-bond acceptors (Lipinski definition) is 3. The van der Waals surface area contributed by atoms with Crippen LogP contribution in [0.25, 0.3) is 0 Å². The van der Waals surface area contributed by atoms with Crippen LogP contribution in [0.4, 0.5) is 4.79 Å². The van der Waals surface area contributed by atoms with Crippen molar-refractivity contribution in [1.29, 1.82) is 0 Å². The van der Waals surface area contributed by atoms with E-state index >= 15 is 0 Å². The molecule has 2 heterocycles. The molecule has 0 saturated carbocycles. The van der Waals surface area contributed by atoms with Gasteiger partial charge >= 0.3 is 6.09 Å². The Morgan fingerprint density at radius 3 is 2.53 bits per heavy atom. The molecular formula is C13H24N2O2. The number of carbonyl (C=O) groups is 1. The number of likely N-dealkylation sites (tertiary alicyclic amines) is 1. The number of nitrogens with zero attached hydrogens (tertiary/aromatic N) is 1. The summed E-state index contributed by atoms with van der Waals surface area (Å²) in [5.74, 6) is 0. The van der Waals surface area contributed by atoms with E-state index in [1.54, 1.807) is 0 Å².